The van der Waals surface area contributed by atoms with Gasteiger partial charge in [-0.1, -0.05) is 12.1 Å². The molecule has 0 fully saturated rings. The van der Waals surface area contributed by atoms with E-state index in [0.29, 0.717) is 12.2 Å². The normalized spacial score (nSPS) is 10.1. The minimum atomic E-state index is -0.568. The Labute approximate surface area is 116 Å². The van der Waals surface area contributed by atoms with Gasteiger partial charge in [-0.3, -0.25) is 4.98 Å². The van der Waals surface area contributed by atoms with Crippen LogP contribution in [0.25, 0.3) is 0 Å². The van der Waals surface area contributed by atoms with Crippen LogP contribution in [0.5, 0.6) is 11.6 Å². The van der Waals surface area contributed by atoms with Crippen LogP contribution in [0.4, 0.5) is 0 Å². The maximum absolute atomic E-state index is 11.3. The van der Waals surface area contributed by atoms with Crippen molar-refractivity contribution in [2.45, 2.75) is 6.42 Å². The molecule has 0 atom stereocenters. The van der Waals surface area contributed by atoms with E-state index in [1.807, 2.05) is 12.1 Å². The molecule has 1 aromatic carbocycles. The van der Waals surface area contributed by atoms with Gasteiger partial charge in [0.25, 0.3) is 0 Å². The molecule has 0 aliphatic heterocycles. The molecule has 0 saturated heterocycles. The van der Waals surface area contributed by atoms with Gasteiger partial charge in [-0.25, -0.2) is 9.78 Å². The van der Waals surface area contributed by atoms with Gasteiger partial charge in [0.2, 0.25) is 5.88 Å². The number of aromatic nitrogens is 2. The van der Waals surface area contributed by atoms with Crippen molar-refractivity contribution in [3.63, 3.8) is 0 Å². The van der Waals surface area contributed by atoms with E-state index in [1.165, 1.54) is 19.5 Å². The van der Waals surface area contributed by atoms with Crippen molar-refractivity contribution in [2.24, 2.45) is 0 Å². The van der Waals surface area contributed by atoms with Gasteiger partial charge in [0.05, 0.1) is 19.5 Å². The molecule has 0 spiro atoms. The molecule has 2 aromatic rings. The summed E-state index contributed by atoms with van der Waals surface area (Å²) in [5, 5.41) is 8.84. The zero-order valence-corrected chi connectivity index (χ0v) is 10.9. The molecule has 2 rings (SSSR count). The maximum Gasteiger partial charge on any atom is 0.358 e. The van der Waals surface area contributed by atoms with E-state index in [2.05, 4.69) is 14.7 Å². The predicted octanol–water partition coefficient (Wildman–Crippen LogP) is 1.59. The first-order chi connectivity index (χ1) is 9.72. The van der Waals surface area contributed by atoms with Crippen LogP contribution < -0.4 is 4.74 Å². The third-order valence-electron chi connectivity index (χ3n) is 2.55. The first-order valence-corrected chi connectivity index (χ1v) is 6.01. The highest BCUT2D eigenvalue weighted by Crippen LogP contribution is 2.19. The first-order valence-electron chi connectivity index (χ1n) is 6.01. The number of carbonyl (C=O) groups excluding carboxylic acids is 1. The number of aliphatic hydroxyl groups excluding tert-OH is 1. The zero-order valence-electron chi connectivity index (χ0n) is 10.9. The quantitative estimate of drug-likeness (QED) is 0.834. The van der Waals surface area contributed by atoms with Gasteiger partial charge in [0.15, 0.2) is 5.69 Å². The standard InChI is InChI=1S/C14H14N2O4/c1-19-14(18)12-8-15-9-13(16-12)20-11-4-2-10(3-5-11)6-7-17/h2-5,8-9,17H,6-7H2,1H3. The van der Waals surface area contributed by atoms with Crippen LogP contribution in [0.2, 0.25) is 0 Å². The Hall–Kier alpha value is -2.47. The SMILES string of the molecule is COC(=O)c1cncc(Oc2ccc(CCO)cc2)n1. The van der Waals surface area contributed by atoms with E-state index in [0.717, 1.165) is 5.56 Å². The second-order valence-corrected chi connectivity index (χ2v) is 3.95. The van der Waals surface area contributed by atoms with Gasteiger partial charge in [-0.2, -0.15) is 0 Å². The summed E-state index contributed by atoms with van der Waals surface area (Å²) in [6.45, 7) is 0.104. The van der Waals surface area contributed by atoms with E-state index < -0.39 is 5.97 Å². The molecule has 0 saturated carbocycles. The summed E-state index contributed by atoms with van der Waals surface area (Å²) in [6, 6.07) is 7.22. The molecule has 104 valence electrons. The molecule has 0 amide bonds. The van der Waals surface area contributed by atoms with E-state index >= 15 is 0 Å². The van der Waals surface area contributed by atoms with Crippen molar-refractivity contribution < 1.29 is 19.4 Å². The molecule has 0 bridgehead atoms. The third kappa shape index (κ3) is 3.52. The molecule has 20 heavy (non-hydrogen) atoms. The number of benzene rings is 1. The number of ether oxygens (including phenoxy) is 2. The molecule has 1 aromatic heterocycles. The number of hydrogen-bond donors (Lipinski definition) is 1. The maximum atomic E-state index is 11.3. The van der Waals surface area contributed by atoms with E-state index in [-0.39, 0.29) is 18.2 Å². The first kappa shape index (κ1) is 14.0. The Kier molecular flexibility index (Phi) is 4.62. The van der Waals surface area contributed by atoms with Crippen LogP contribution in [-0.4, -0.2) is 34.8 Å². The lowest BCUT2D eigenvalue weighted by Gasteiger charge is -2.06. The Morgan fingerprint density at radius 1 is 1.25 bits per heavy atom. The summed E-state index contributed by atoms with van der Waals surface area (Å²) in [7, 11) is 1.28. The number of rotatable bonds is 5. The number of carbonyl (C=O) groups is 1. The summed E-state index contributed by atoms with van der Waals surface area (Å²) >= 11 is 0. The Balaban J connectivity index is 2.11. The highest BCUT2D eigenvalue weighted by atomic mass is 16.5. The number of methoxy groups -OCH3 is 1. The van der Waals surface area contributed by atoms with Gasteiger partial charge in [-0.15, -0.1) is 0 Å². The van der Waals surface area contributed by atoms with Crippen LogP contribution in [0, 0.1) is 0 Å². The van der Waals surface area contributed by atoms with Gasteiger partial charge < -0.3 is 14.6 Å². The van der Waals surface area contributed by atoms with Gasteiger partial charge in [0, 0.05) is 6.61 Å². The summed E-state index contributed by atoms with van der Waals surface area (Å²) in [5.41, 5.74) is 1.09. The number of esters is 1. The van der Waals surface area contributed by atoms with Crippen molar-refractivity contribution >= 4 is 5.97 Å². The fourth-order valence-electron chi connectivity index (χ4n) is 1.57. The van der Waals surface area contributed by atoms with Crippen LogP contribution >= 0.6 is 0 Å². The monoisotopic (exact) mass is 274 g/mol. The van der Waals surface area contributed by atoms with Gasteiger partial charge >= 0.3 is 5.97 Å². The van der Waals surface area contributed by atoms with Crippen molar-refractivity contribution in [3.05, 3.63) is 47.9 Å². The molecule has 6 heteroatoms. The molecular formula is C14H14N2O4. The van der Waals surface area contributed by atoms with Crippen LogP contribution in [-0.2, 0) is 11.2 Å². The van der Waals surface area contributed by atoms with Crippen molar-refractivity contribution in [3.8, 4) is 11.6 Å². The van der Waals surface area contributed by atoms with Gasteiger partial charge in [-0.05, 0) is 24.1 Å². The van der Waals surface area contributed by atoms with E-state index in [9.17, 15) is 4.79 Å². The topological polar surface area (TPSA) is 81.5 Å². The second kappa shape index (κ2) is 6.63. The number of nitrogens with zero attached hydrogens (tertiary/aromatic N) is 2. The van der Waals surface area contributed by atoms with E-state index in [4.69, 9.17) is 9.84 Å². The van der Waals surface area contributed by atoms with Crippen molar-refractivity contribution in [2.75, 3.05) is 13.7 Å². The average molecular weight is 274 g/mol. The van der Waals surface area contributed by atoms with Crippen molar-refractivity contribution in [1.29, 1.82) is 0 Å². The summed E-state index contributed by atoms with van der Waals surface area (Å²) in [4.78, 5) is 19.2. The highest BCUT2D eigenvalue weighted by Gasteiger charge is 2.09. The molecule has 0 aliphatic carbocycles. The summed E-state index contributed by atoms with van der Waals surface area (Å²) in [6.07, 6.45) is 3.31. The molecule has 0 radical (unpaired) electrons. The highest BCUT2D eigenvalue weighted by molar-refractivity contribution is 5.86. The van der Waals surface area contributed by atoms with Crippen LogP contribution in [0.1, 0.15) is 16.1 Å². The smallest absolute Gasteiger partial charge is 0.358 e. The predicted molar refractivity (Wildman–Crippen MR) is 70.7 cm³/mol. The molecule has 0 aliphatic rings. The lowest BCUT2D eigenvalue weighted by molar-refractivity contribution is 0.0592. The Morgan fingerprint density at radius 3 is 2.65 bits per heavy atom. The molecule has 1 N–H and O–H groups in total. The van der Waals surface area contributed by atoms with Crippen molar-refractivity contribution in [1.82, 2.24) is 9.97 Å². The molecular weight excluding hydrogens is 260 g/mol. The average Bonchev–Trinajstić information content (AvgIpc) is 2.49. The third-order valence-corrected chi connectivity index (χ3v) is 2.55. The Bertz CT molecular complexity index is 584. The van der Waals surface area contributed by atoms with Gasteiger partial charge in [0.1, 0.15) is 5.75 Å². The molecule has 0 unspecified atom stereocenters. The minimum absolute atomic E-state index is 0.0851. The van der Waals surface area contributed by atoms with Crippen LogP contribution in [0.3, 0.4) is 0 Å². The summed E-state index contributed by atoms with van der Waals surface area (Å²) < 4.78 is 10.1. The van der Waals surface area contributed by atoms with Crippen LogP contribution in [0.15, 0.2) is 36.7 Å². The molecule has 1 heterocycles. The zero-order chi connectivity index (χ0) is 14.4. The largest absolute Gasteiger partial charge is 0.464 e. The lowest BCUT2D eigenvalue weighted by atomic mass is 10.1. The number of hydrogen-bond acceptors (Lipinski definition) is 6. The second-order valence-electron chi connectivity index (χ2n) is 3.95. The van der Waals surface area contributed by atoms with E-state index in [1.54, 1.807) is 12.1 Å². The summed E-state index contributed by atoms with van der Waals surface area (Å²) in [5.74, 6) is 0.215. The lowest BCUT2D eigenvalue weighted by Crippen LogP contribution is -2.05. The Morgan fingerprint density at radius 2 is 2.00 bits per heavy atom. The molecule has 6 nitrogen and oxygen atoms in total. The number of aliphatic hydroxyl groups is 1. The fraction of sp³-hybridized carbons (Fsp3) is 0.214. The minimum Gasteiger partial charge on any atom is -0.464 e. The fourth-order valence-corrected chi connectivity index (χ4v) is 1.57.